The molecule has 0 saturated heterocycles. The fourth-order valence-corrected chi connectivity index (χ4v) is 1.79. The van der Waals surface area contributed by atoms with Gasteiger partial charge in [0, 0.05) is 0 Å². The summed E-state index contributed by atoms with van der Waals surface area (Å²) in [5.41, 5.74) is 6.27. The highest BCUT2D eigenvalue weighted by molar-refractivity contribution is 5.93. The van der Waals surface area contributed by atoms with Crippen molar-refractivity contribution in [2.75, 3.05) is 5.73 Å². The first-order chi connectivity index (χ1) is 10.0. The van der Waals surface area contributed by atoms with Crippen LogP contribution in [0.2, 0.25) is 0 Å². The minimum absolute atomic E-state index is 0.0244. The number of anilines is 1. The third kappa shape index (κ3) is 3.09. The molecule has 0 atom stereocenters. The monoisotopic (exact) mass is 286 g/mol. The molecule has 0 unspecified atom stereocenters. The Labute approximate surface area is 120 Å². The molecule has 0 aliphatic carbocycles. The van der Waals surface area contributed by atoms with Gasteiger partial charge in [0.25, 0.3) is 0 Å². The SMILES string of the molecule is N#Cc1cc(COc2c(N)cccc2C(=O)O)ccc1F. The van der Waals surface area contributed by atoms with Gasteiger partial charge >= 0.3 is 5.97 Å². The lowest BCUT2D eigenvalue weighted by Gasteiger charge is -2.11. The first kappa shape index (κ1) is 14.3. The van der Waals surface area contributed by atoms with Crippen molar-refractivity contribution >= 4 is 11.7 Å². The zero-order chi connectivity index (χ0) is 15.4. The van der Waals surface area contributed by atoms with Gasteiger partial charge in [-0.15, -0.1) is 0 Å². The van der Waals surface area contributed by atoms with Gasteiger partial charge in [-0.3, -0.25) is 0 Å². The number of benzene rings is 2. The van der Waals surface area contributed by atoms with Gasteiger partial charge in [0.2, 0.25) is 0 Å². The molecule has 0 bridgehead atoms. The predicted molar refractivity (Wildman–Crippen MR) is 73.3 cm³/mol. The highest BCUT2D eigenvalue weighted by Gasteiger charge is 2.14. The summed E-state index contributed by atoms with van der Waals surface area (Å²) in [6.07, 6.45) is 0. The van der Waals surface area contributed by atoms with Crippen LogP contribution in [0, 0.1) is 17.1 Å². The lowest BCUT2D eigenvalue weighted by atomic mass is 10.1. The number of hydrogen-bond donors (Lipinski definition) is 2. The molecule has 2 aromatic rings. The van der Waals surface area contributed by atoms with Gasteiger partial charge in [0.1, 0.15) is 24.1 Å². The number of carboxylic acids is 1. The van der Waals surface area contributed by atoms with Crippen LogP contribution in [-0.2, 0) is 6.61 Å². The smallest absolute Gasteiger partial charge is 0.339 e. The Bertz CT molecular complexity index is 738. The molecule has 21 heavy (non-hydrogen) atoms. The molecular weight excluding hydrogens is 275 g/mol. The first-order valence-corrected chi connectivity index (χ1v) is 5.96. The van der Waals surface area contributed by atoms with E-state index in [1.54, 1.807) is 6.07 Å². The molecule has 6 heteroatoms. The molecule has 0 aliphatic heterocycles. The predicted octanol–water partition coefficient (Wildman–Crippen LogP) is 2.56. The second-order valence-electron chi connectivity index (χ2n) is 4.24. The van der Waals surface area contributed by atoms with E-state index in [9.17, 15) is 9.18 Å². The van der Waals surface area contributed by atoms with Crippen LogP contribution in [0.4, 0.5) is 10.1 Å². The molecule has 0 spiro atoms. The van der Waals surface area contributed by atoms with Crippen molar-refractivity contribution in [2.24, 2.45) is 0 Å². The second-order valence-corrected chi connectivity index (χ2v) is 4.24. The fraction of sp³-hybridized carbons (Fsp3) is 0.0667. The molecule has 106 valence electrons. The number of carboxylic acid groups (broad SMARTS) is 1. The summed E-state index contributed by atoms with van der Waals surface area (Å²) in [5.74, 6) is -1.73. The maximum atomic E-state index is 13.2. The van der Waals surface area contributed by atoms with Crippen LogP contribution >= 0.6 is 0 Å². The Morgan fingerprint density at radius 3 is 2.81 bits per heavy atom. The Kier molecular flexibility index (Phi) is 4.05. The molecule has 0 aromatic heterocycles. The Hall–Kier alpha value is -3.07. The highest BCUT2D eigenvalue weighted by atomic mass is 19.1. The number of nitrogens with zero attached hydrogens (tertiary/aromatic N) is 1. The van der Waals surface area contributed by atoms with E-state index in [1.165, 1.54) is 30.3 Å². The molecule has 0 amide bonds. The number of nitriles is 1. The van der Waals surface area contributed by atoms with Crippen molar-refractivity contribution in [2.45, 2.75) is 6.61 Å². The number of ether oxygens (including phenoxy) is 1. The summed E-state index contributed by atoms with van der Waals surface area (Å²) >= 11 is 0. The number of nitrogens with two attached hydrogens (primary N) is 1. The molecule has 0 saturated carbocycles. The Morgan fingerprint density at radius 2 is 2.14 bits per heavy atom. The van der Waals surface area contributed by atoms with Crippen molar-refractivity contribution in [3.05, 3.63) is 58.9 Å². The minimum atomic E-state index is -1.16. The quantitative estimate of drug-likeness (QED) is 0.842. The van der Waals surface area contributed by atoms with Gasteiger partial charge < -0.3 is 15.6 Å². The van der Waals surface area contributed by atoms with Crippen molar-refractivity contribution in [1.29, 1.82) is 5.26 Å². The van der Waals surface area contributed by atoms with Crippen molar-refractivity contribution < 1.29 is 19.0 Å². The largest absolute Gasteiger partial charge is 0.486 e. The molecule has 2 rings (SSSR count). The van der Waals surface area contributed by atoms with Gasteiger partial charge in [0.15, 0.2) is 5.75 Å². The topological polar surface area (TPSA) is 96.3 Å². The van der Waals surface area contributed by atoms with Crippen LogP contribution in [0.15, 0.2) is 36.4 Å². The lowest BCUT2D eigenvalue weighted by molar-refractivity contribution is 0.0692. The van der Waals surface area contributed by atoms with Gasteiger partial charge in [-0.1, -0.05) is 12.1 Å². The zero-order valence-electron chi connectivity index (χ0n) is 10.8. The number of halogens is 1. The first-order valence-electron chi connectivity index (χ1n) is 5.96. The molecule has 5 nitrogen and oxygen atoms in total. The van der Waals surface area contributed by atoms with Gasteiger partial charge in [-0.05, 0) is 29.8 Å². The van der Waals surface area contributed by atoms with Crippen molar-refractivity contribution in [3.63, 3.8) is 0 Å². The number of nitrogen functional groups attached to an aromatic ring is 1. The summed E-state index contributed by atoms with van der Waals surface area (Å²) in [5, 5.41) is 17.8. The number of rotatable bonds is 4. The third-order valence-electron chi connectivity index (χ3n) is 2.81. The Morgan fingerprint density at radius 1 is 1.38 bits per heavy atom. The average molecular weight is 286 g/mol. The van der Waals surface area contributed by atoms with E-state index < -0.39 is 11.8 Å². The Balaban J connectivity index is 2.25. The summed E-state index contributed by atoms with van der Waals surface area (Å²) in [4.78, 5) is 11.1. The molecule has 0 heterocycles. The molecular formula is C15H11FN2O3. The highest BCUT2D eigenvalue weighted by Crippen LogP contribution is 2.27. The van der Waals surface area contributed by atoms with E-state index >= 15 is 0 Å². The summed E-state index contributed by atoms with van der Waals surface area (Å²) in [7, 11) is 0. The fourth-order valence-electron chi connectivity index (χ4n) is 1.79. The molecule has 0 aliphatic rings. The summed E-state index contributed by atoms with van der Waals surface area (Å²) in [6, 6.07) is 10.1. The van der Waals surface area contributed by atoms with E-state index in [4.69, 9.17) is 20.8 Å². The maximum absolute atomic E-state index is 13.2. The molecule has 3 N–H and O–H groups in total. The second kappa shape index (κ2) is 5.92. The van der Waals surface area contributed by atoms with E-state index in [-0.39, 0.29) is 29.2 Å². The van der Waals surface area contributed by atoms with Crippen molar-refractivity contribution in [3.8, 4) is 11.8 Å². The van der Waals surface area contributed by atoms with E-state index in [0.717, 1.165) is 6.07 Å². The lowest BCUT2D eigenvalue weighted by Crippen LogP contribution is -2.06. The minimum Gasteiger partial charge on any atom is -0.486 e. The van der Waals surface area contributed by atoms with E-state index in [2.05, 4.69) is 0 Å². The molecule has 0 radical (unpaired) electrons. The molecule has 2 aromatic carbocycles. The van der Waals surface area contributed by atoms with Gasteiger partial charge in [-0.2, -0.15) is 5.26 Å². The van der Waals surface area contributed by atoms with Crippen LogP contribution in [0.25, 0.3) is 0 Å². The van der Waals surface area contributed by atoms with Crippen LogP contribution in [0.1, 0.15) is 21.5 Å². The summed E-state index contributed by atoms with van der Waals surface area (Å²) < 4.78 is 18.6. The third-order valence-corrected chi connectivity index (χ3v) is 2.81. The van der Waals surface area contributed by atoms with Gasteiger partial charge in [-0.25, -0.2) is 9.18 Å². The summed E-state index contributed by atoms with van der Waals surface area (Å²) in [6.45, 7) is -0.0244. The van der Waals surface area contributed by atoms with E-state index in [1.807, 2.05) is 0 Å². The number of hydrogen-bond acceptors (Lipinski definition) is 4. The van der Waals surface area contributed by atoms with Gasteiger partial charge in [0.05, 0.1) is 11.3 Å². The maximum Gasteiger partial charge on any atom is 0.339 e. The van der Waals surface area contributed by atoms with Crippen molar-refractivity contribution in [1.82, 2.24) is 0 Å². The number of carbonyl (C=O) groups is 1. The normalized spacial score (nSPS) is 9.90. The van der Waals surface area contributed by atoms with E-state index in [0.29, 0.717) is 5.56 Å². The average Bonchev–Trinajstić information content (AvgIpc) is 2.47. The molecule has 0 fully saturated rings. The standard InChI is InChI=1S/C15H11FN2O3/c16-12-5-4-9(6-10(12)7-17)8-21-14-11(15(19)20)2-1-3-13(14)18/h1-6H,8,18H2,(H,19,20). The van der Waals surface area contributed by atoms with Crippen LogP contribution in [0.5, 0.6) is 5.75 Å². The van der Waals surface area contributed by atoms with Crippen LogP contribution in [-0.4, -0.2) is 11.1 Å². The van der Waals surface area contributed by atoms with Crippen LogP contribution < -0.4 is 10.5 Å². The number of aromatic carboxylic acids is 1. The van der Waals surface area contributed by atoms with Crippen LogP contribution in [0.3, 0.4) is 0 Å². The number of para-hydroxylation sites is 1. The zero-order valence-corrected chi connectivity index (χ0v) is 10.8.